The number of nitrogens with one attached hydrogen (secondary N) is 2. The van der Waals surface area contributed by atoms with Crippen molar-refractivity contribution >= 4 is 17.4 Å². The topological polar surface area (TPSA) is 54.0 Å². The van der Waals surface area contributed by atoms with Gasteiger partial charge in [0.2, 0.25) is 0 Å². The van der Waals surface area contributed by atoms with Crippen molar-refractivity contribution in [2.75, 3.05) is 17.2 Å². The molecule has 0 fully saturated rings. The number of anilines is 2. The minimum Gasteiger partial charge on any atom is -0.370 e. The summed E-state index contributed by atoms with van der Waals surface area (Å²) in [5.41, 5.74) is 1.19. The summed E-state index contributed by atoms with van der Waals surface area (Å²) in [5.74, 6) is -0.279. The lowest BCUT2D eigenvalue weighted by atomic mass is 10.2. The molecule has 0 saturated heterocycles. The highest BCUT2D eigenvalue weighted by atomic mass is 19.1. The summed E-state index contributed by atoms with van der Waals surface area (Å²) in [4.78, 5) is 16.2. The van der Waals surface area contributed by atoms with E-state index in [0.29, 0.717) is 12.4 Å². The van der Waals surface area contributed by atoms with Crippen molar-refractivity contribution in [3.8, 4) is 0 Å². The Hall–Kier alpha value is -2.43. The molecule has 2 aromatic rings. The summed E-state index contributed by atoms with van der Waals surface area (Å²) in [6.07, 6.45) is 0. The quantitative estimate of drug-likeness (QED) is 0.899. The van der Waals surface area contributed by atoms with E-state index in [0.717, 1.165) is 5.56 Å². The van der Waals surface area contributed by atoms with Crippen molar-refractivity contribution in [3.63, 3.8) is 0 Å². The fourth-order valence-electron chi connectivity index (χ4n) is 1.75. The standard InChI is InChI=1S/C15H16FN3O/c1-3-17-14-6-4-5-13(18-14)15(20)19-12-8-7-10(2)9-11(12)16/h4-9H,3H2,1-2H3,(H,17,18)(H,19,20). The lowest BCUT2D eigenvalue weighted by Crippen LogP contribution is -2.15. The first kappa shape index (κ1) is 14.0. The molecule has 0 radical (unpaired) electrons. The summed E-state index contributed by atoms with van der Waals surface area (Å²) in [6.45, 7) is 4.44. The van der Waals surface area contributed by atoms with Crippen molar-refractivity contribution in [3.05, 3.63) is 53.5 Å². The van der Waals surface area contributed by atoms with Gasteiger partial charge in [0.05, 0.1) is 5.69 Å². The number of amides is 1. The van der Waals surface area contributed by atoms with Gasteiger partial charge in [0.25, 0.3) is 5.91 Å². The van der Waals surface area contributed by atoms with E-state index in [9.17, 15) is 9.18 Å². The smallest absolute Gasteiger partial charge is 0.274 e. The van der Waals surface area contributed by atoms with Crippen LogP contribution in [0.1, 0.15) is 23.0 Å². The SMILES string of the molecule is CCNc1cccc(C(=O)Nc2ccc(C)cc2F)n1. The highest BCUT2D eigenvalue weighted by Gasteiger charge is 2.11. The summed E-state index contributed by atoms with van der Waals surface area (Å²) in [5, 5.41) is 5.54. The van der Waals surface area contributed by atoms with Gasteiger partial charge >= 0.3 is 0 Å². The van der Waals surface area contributed by atoms with Gasteiger partial charge in [-0.1, -0.05) is 12.1 Å². The molecule has 2 N–H and O–H groups in total. The average molecular weight is 273 g/mol. The molecule has 1 aromatic carbocycles. The Kier molecular flexibility index (Phi) is 4.30. The van der Waals surface area contributed by atoms with E-state index in [2.05, 4.69) is 15.6 Å². The second-order valence-electron chi connectivity index (χ2n) is 4.38. The molecule has 0 aliphatic rings. The molecule has 20 heavy (non-hydrogen) atoms. The number of hydrogen-bond donors (Lipinski definition) is 2. The summed E-state index contributed by atoms with van der Waals surface area (Å²) >= 11 is 0. The highest BCUT2D eigenvalue weighted by molar-refractivity contribution is 6.03. The maximum atomic E-state index is 13.7. The van der Waals surface area contributed by atoms with Crippen LogP contribution < -0.4 is 10.6 Å². The number of aryl methyl sites for hydroxylation is 1. The minimum absolute atomic E-state index is 0.149. The van der Waals surface area contributed by atoms with Crippen molar-refractivity contribution in [1.82, 2.24) is 4.98 Å². The molecule has 104 valence electrons. The number of halogens is 1. The van der Waals surface area contributed by atoms with Crippen LogP contribution in [0.2, 0.25) is 0 Å². The predicted octanol–water partition coefficient (Wildman–Crippen LogP) is 3.21. The zero-order chi connectivity index (χ0) is 14.5. The lowest BCUT2D eigenvalue weighted by Gasteiger charge is -2.08. The molecule has 0 atom stereocenters. The lowest BCUT2D eigenvalue weighted by molar-refractivity contribution is 0.102. The highest BCUT2D eigenvalue weighted by Crippen LogP contribution is 2.16. The molecule has 4 nitrogen and oxygen atoms in total. The largest absolute Gasteiger partial charge is 0.370 e. The second kappa shape index (κ2) is 6.14. The molecule has 0 bridgehead atoms. The molecule has 0 aliphatic carbocycles. The first-order chi connectivity index (χ1) is 9.60. The third-order valence-corrected chi connectivity index (χ3v) is 2.71. The van der Waals surface area contributed by atoms with Crippen molar-refractivity contribution in [2.45, 2.75) is 13.8 Å². The number of carbonyl (C=O) groups is 1. The summed E-state index contributed by atoms with van der Waals surface area (Å²) < 4.78 is 13.7. The monoisotopic (exact) mass is 273 g/mol. The van der Waals surface area contributed by atoms with Crippen LogP contribution in [0.5, 0.6) is 0 Å². The average Bonchev–Trinajstić information content (AvgIpc) is 2.42. The number of carbonyl (C=O) groups excluding carboxylic acids is 1. The van der Waals surface area contributed by atoms with Gasteiger partial charge in [0.1, 0.15) is 17.3 Å². The van der Waals surface area contributed by atoms with Gasteiger partial charge in [-0.15, -0.1) is 0 Å². The maximum absolute atomic E-state index is 13.7. The Balaban J connectivity index is 2.17. The number of nitrogens with zero attached hydrogens (tertiary/aromatic N) is 1. The molecule has 0 unspecified atom stereocenters. The molecule has 5 heteroatoms. The fourth-order valence-corrected chi connectivity index (χ4v) is 1.75. The van der Waals surface area contributed by atoms with Gasteiger partial charge in [0, 0.05) is 6.54 Å². The Morgan fingerprint density at radius 2 is 2.10 bits per heavy atom. The van der Waals surface area contributed by atoms with E-state index < -0.39 is 11.7 Å². The molecular formula is C15H16FN3O. The Morgan fingerprint density at radius 3 is 2.80 bits per heavy atom. The third kappa shape index (κ3) is 3.32. The predicted molar refractivity (Wildman–Crippen MR) is 77.5 cm³/mol. The number of hydrogen-bond acceptors (Lipinski definition) is 3. The molecule has 2 rings (SSSR count). The zero-order valence-corrected chi connectivity index (χ0v) is 11.4. The van der Waals surface area contributed by atoms with Crippen LogP contribution in [-0.2, 0) is 0 Å². The molecule has 1 heterocycles. The zero-order valence-electron chi connectivity index (χ0n) is 11.4. The van der Waals surface area contributed by atoms with Crippen LogP contribution in [0.25, 0.3) is 0 Å². The van der Waals surface area contributed by atoms with Crippen LogP contribution in [0, 0.1) is 12.7 Å². The van der Waals surface area contributed by atoms with E-state index in [4.69, 9.17) is 0 Å². The number of benzene rings is 1. The number of aromatic nitrogens is 1. The fraction of sp³-hybridized carbons (Fsp3) is 0.200. The first-order valence-corrected chi connectivity index (χ1v) is 6.38. The van der Waals surface area contributed by atoms with Gasteiger partial charge in [-0.2, -0.15) is 0 Å². The molecule has 1 aromatic heterocycles. The Morgan fingerprint density at radius 1 is 1.30 bits per heavy atom. The molecular weight excluding hydrogens is 257 g/mol. The van der Waals surface area contributed by atoms with E-state index in [1.165, 1.54) is 12.1 Å². The molecule has 0 aliphatic heterocycles. The van der Waals surface area contributed by atoms with Crippen LogP contribution in [-0.4, -0.2) is 17.4 Å². The van der Waals surface area contributed by atoms with Crippen molar-refractivity contribution < 1.29 is 9.18 Å². The Bertz CT molecular complexity index is 628. The van der Waals surface area contributed by atoms with Crippen LogP contribution in [0.3, 0.4) is 0 Å². The van der Waals surface area contributed by atoms with Gasteiger partial charge < -0.3 is 10.6 Å². The second-order valence-corrected chi connectivity index (χ2v) is 4.38. The van der Waals surface area contributed by atoms with Crippen LogP contribution in [0.4, 0.5) is 15.9 Å². The van der Waals surface area contributed by atoms with E-state index >= 15 is 0 Å². The number of pyridine rings is 1. The van der Waals surface area contributed by atoms with Gasteiger partial charge in [-0.05, 0) is 43.7 Å². The summed E-state index contributed by atoms with van der Waals surface area (Å²) in [7, 11) is 0. The third-order valence-electron chi connectivity index (χ3n) is 2.71. The normalized spacial score (nSPS) is 10.2. The van der Waals surface area contributed by atoms with Crippen LogP contribution in [0.15, 0.2) is 36.4 Å². The maximum Gasteiger partial charge on any atom is 0.274 e. The number of rotatable bonds is 4. The summed E-state index contributed by atoms with van der Waals surface area (Å²) in [6, 6.07) is 9.73. The first-order valence-electron chi connectivity index (χ1n) is 6.38. The van der Waals surface area contributed by atoms with E-state index in [1.807, 2.05) is 6.92 Å². The molecule has 0 spiro atoms. The van der Waals surface area contributed by atoms with E-state index in [1.54, 1.807) is 31.2 Å². The minimum atomic E-state index is -0.457. The van der Waals surface area contributed by atoms with Crippen LogP contribution >= 0.6 is 0 Å². The van der Waals surface area contributed by atoms with E-state index in [-0.39, 0.29) is 11.4 Å². The van der Waals surface area contributed by atoms with Gasteiger partial charge in [-0.3, -0.25) is 4.79 Å². The Labute approximate surface area is 117 Å². The van der Waals surface area contributed by atoms with Gasteiger partial charge in [0.15, 0.2) is 0 Å². The molecule has 1 amide bonds. The van der Waals surface area contributed by atoms with Gasteiger partial charge in [-0.25, -0.2) is 9.37 Å². The van der Waals surface area contributed by atoms with Crippen molar-refractivity contribution in [2.24, 2.45) is 0 Å². The molecule has 0 saturated carbocycles. The van der Waals surface area contributed by atoms with Crippen molar-refractivity contribution in [1.29, 1.82) is 0 Å².